The second-order valence-electron chi connectivity index (χ2n) is 3.82. The molecule has 0 aliphatic rings. The van der Waals surface area contributed by atoms with Gasteiger partial charge in [0.15, 0.2) is 5.78 Å². The molecule has 0 fully saturated rings. The Kier molecular flexibility index (Phi) is 4.64. The third-order valence-electron chi connectivity index (χ3n) is 2.46. The average Bonchev–Trinajstić information content (AvgIpc) is 3.04. The van der Waals surface area contributed by atoms with E-state index < -0.39 is 0 Å². The molecule has 19 heavy (non-hydrogen) atoms. The Morgan fingerprint density at radius 3 is 2.00 bits per heavy atom. The van der Waals surface area contributed by atoms with Crippen molar-refractivity contribution in [3.05, 3.63) is 90.5 Å². The highest BCUT2D eigenvalue weighted by Crippen LogP contribution is 2.07. The normalized spacial score (nSPS) is 9.26. The van der Waals surface area contributed by atoms with Crippen LogP contribution in [0.2, 0.25) is 0 Å². The van der Waals surface area contributed by atoms with E-state index in [2.05, 4.69) is 9.97 Å². The number of hydrogen-bond donors (Lipinski definition) is 1. The molecule has 2 aromatic heterocycles. The van der Waals surface area contributed by atoms with Crippen LogP contribution in [0, 0.1) is 0 Å². The Morgan fingerprint density at radius 2 is 1.53 bits per heavy atom. The van der Waals surface area contributed by atoms with Crippen LogP contribution in [0.4, 0.5) is 0 Å². The molecule has 0 amide bonds. The van der Waals surface area contributed by atoms with Crippen molar-refractivity contribution < 1.29 is 4.79 Å². The summed E-state index contributed by atoms with van der Waals surface area (Å²) in [5, 5.41) is 0. The van der Waals surface area contributed by atoms with Crippen LogP contribution in [-0.2, 0) is 0 Å². The highest BCUT2D eigenvalue weighted by molar-refractivity contribution is 6.08. The number of nitrogens with one attached hydrogen (secondary N) is 1. The number of H-pyrrole nitrogens is 1. The molecular weight excluding hydrogens is 236 g/mol. The minimum absolute atomic E-state index is 0.0573. The molecule has 0 aliphatic heterocycles. The summed E-state index contributed by atoms with van der Waals surface area (Å²) in [4.78, 5) is 18.3. The maximum Gasteiger partial charge on any atom is 0.194 e. The van der Waals surface area contributed by atoms with E-state index in [1.54, 1.807) is 30.9 Å². The fraction of sp³-hybridized carbons (Fsp3) is 0. The number of ketones is 1. The molecule has 0 aliphatic carbocycles. The largest absolute Gasteiger partial charge is 0.367 e. The maximum absolute atomic E-state index is 11.7. The van der Waals surface area contributed by atoms with Crippen LogP contribution in [0.3, 0.4) is 0 Å². The van der Waals surface area contributed by atoms with E-state index in [0.29, 0.717) is 5.56 Å². The van der Waals surface area contributed by atoms with Gasteiger partial charge in [0.05, 0.1) is 0 Å². The minimum Gasteiger partial charge on any atom is -0.367 e. The molecule has 3 heteroatoms. The zero-order valence-corrected chi connectivity index (χ0v) is 10.4. The van der Waals surface area contributed by atoms with Crippen molar-refractivity contribution in [3.63, 3.8) is 0 Å². The summed E-state index contributed by atoms with van der Waals surface area (Å²) in [7, 11) is 0. The number of rotatable bonds is 2. The predicted octanol–water partition coefficient (Wildman–Crippen LogP) is 3.33. The van der Waals surface area contributed by atoms with Crippen LogP contribution in [0.1, 0.15) is 15.9 Å². The summed E-state index contributed by atoms with van der Waals surface area (Å²) in [5.74, 6) is 0.0573. The van der Waals surface area contributed by atoms with Crippen molar-refractivity contribution in [1.29, 1.82) is 0 Å². The fourth-order valence-corrected chi connectivity index (χ4v) is 1.53. The molecule has 3 rings (SSSR count). The van der Waals surface area contributed by atoms with Gasteiger partial charge in [0, 0.05) is 35.9 Å². The standard InChI is InChI=1S/C11H9NO.C5H5N/c13-11(10-6-7-12-8-10)9-4-2-1-3-5-9;1-2-4-6-5-3-1/h1-8,12H;1-5H. The van der Waals surface area contributed by atoms with Gasteiger partial charge in [0.2, 0.25) is 0 Å². The lowest BCUT2D eigenvalue weighted by molar-refractivity contribution is 0.103. The Hall–Kier alpha value is -2.68. The highest BCUT2D eigenvalue weighted by Gasteiger charge is 2.07. The predicted molar refractivity (Wildman–Crippen MR) is 74.9 cm³/mol. The van der Waals surface area contributed by atoms with Gasteiger partial charge in [0.25, 0.3) is 0 Å². The lowest BCUT2D eigenvalue weighted by Gasteiger charge is -1.95. The summed E-state index contributed by atoms with van der Waals surface area (Å²) in [6.45, 7) is 0. The smallest absolute Gasteiger partial charge is 0.194 e. The number of benzene rings is 1. The second kappa shape index (κ2) is 6.91. The summed E-state index contributed by atoms with van der Waals surface area (Å²) < 4.78 is 0. The van der Waals surface area contributed by atoms with Gasteiger partial charge in [-0.2, -0.15) is 0 Å². The summed E-state index contributed by atoms with van der Waals surface area (Å²) in [5.41, 5.74) is 1.42. The van der Waals surface area contributed by atoms with Gasteiger partial charge in [-0.15, -0.1) is 0 Å². The first-order valence-electron chi connectivity index (χ1n) is 5.95. The molecule has 0 atom stereocenters. The van der Waals surface area contributed by atoms with Crippen molar-refractivity contribution in [2.45, 2.75) is 0 Å². The number of carbonyl (C=O) groups is 1. The number of nitrogens with zero attached hydrogens (tertiary/aromatic N) is 1. The topological polar surface area (TPSA) is 45.8 Å². The number of aromatic nitrogens is 2. The van der Waals surface area contributed by atoms with Gasteiger partial charge in [-0.25, -0.2) is 0 Å². The van der Waals surface area contributed by atoms with Crippen molar-refractivity contribution in [2.24, 2.45) is 0 Å². The van der Waals surface area contributed by atoms with Crippen LogP contribution in [0.5, 0.6) is 0 Å². The zero-order valence-electron chi connectivity index (χ0n) is 10.4. The van der Waals surface area contributed by atoms with Crippen molar-refractivity contribution in [1.82, 2.24) is 9.97 Å². The van der Waals surface area contributed by atoms with Crippen molar-refractivity contribution >= 4 is 5.78 Å². The van der Waals surface area contributed by atoms with Gasteiger partial charge in [-0.05, 0) is 18.2 Å². The maximum atomic E-state index is 11.7. The minimum atomic E-state index is 0.0573. The number of aromatic amines is 1. The summed E-state index contributed by atoms with van der Waals surface area (Å²) >= 11 is 0. The van der Waals surface area contributed by atoms with Crippen LogP contribution in [-0.4, -0.2) is 15.8 Å². The van der Waals surface area contributed by atoms with E-state index in [0.717, 1.165) is 5.56 Å². The molecule has 0 unspecified atom stereocenters. The first kappa shape index (κ1) is 12.8. The molecule has 3 aromatic rings. The highest BCUT2D eigenvalue weighted by atomic mass is 16.1. The van der Waals surface area contributed by atoms with Crippen molar-refractivity contribution in [3.8, 4) is 0 Å². The molecular formula is C16H14N2O. The first-order chi connectivity index (χ1) is 9.38. The van der Waals surface area contributed by atoms with Crippen LogP contribution >= 0.6 is 0 Å². The lowest BCUT2D eigenvalue weighted by Crippen LogP contribution is -1.98. The van der Waals surface area contributed by atoms with E-state index in [1.165, 1.54) is 0 Å². The van der Waals surface area contributed by atoms with Crippen LogP contribution in [0.25, 0.3) is 0 Å². The molecule has 0 bridgehead atoms. The Morgan fingerprint density at radius 1 is 0.842 bits per heavy atom. The number of pyridine rings is 1. The molecule has 0 radical (unpaired) electrons. The van der Waals surface area contributed by atoms with Gasteiger partial charge >= 0.3 is 0 Å². The third kappa shape index (κ3) is 3.92. The molecule has 2 heterocycles. The second-order valence-corrected chi connectivity index (χ2v) is 3.82. The monoisotopic (exact) mass is 250 g/mol. The molecule has 0 saturated carbocycles. The molecule has 94 valence electrons. The van der Waals surface area contributed by atoms with E-state index in [9.17, 15) is 4.79 Å². The van der Waals surface area contributed by atoms with Gasteiger partial charge in [0.1, 0.15) is 0 Å². The molecule has 3 nitrogen and oxygen atoms in total. The van der Waals surface area contributed by atoms with Gasteiger partial charge in [-0.3, -0.25) is 9.78 Å². The fourth-order valence-electron chi connectivity index (χ4n) is 1.53. The van der Waals surface area contributed by atoms with E-state index >= 15 is 0 Å². The molecule has 1 aromatic carbocycles. The van der Waals surface area contributed by atoms with Crippen LogP contribution in [0.15, 0.2) is 79.4 Å². The van der Waals surface area contributed by atoms with Gasteiger partial charge in [-0.1, -0.05) is 36.4 Å². The molecule has 0 saturated heterocycles. The average molecular weight is 250 g/mol. The van der Waals surface area contributed by atoms with Crippen LogP contribution < -0.4 is 0 Å². The summed E-state index contributed by atoms with van der Waals surface area (Å²) in [6.07, 6.45) is 6.95. The Balaban J connectivity index is 0.000000186. The Bertz CT molecular complexity index is 563. The van der Waals surface area contributed by atoms with E-state index in [-0.39, 0.29) is 5.78 Å². The molecule has 1 N–H and O–H groups in total. The van der Waals surface area contributed by atoms with Gasteiger partial charge < -0.3 is 4.98 Å². The lowest BCUT2D eigenvalue weighted by atomic mass is 10.1. The quantitative estimate of drug-likeness (QED) is 0.709. The zero-order chi connectivity index (χ0) is 13.3. The van der Waals surface area contributed by atoms with E-state index in [1.807, 2.05) is 48.5 Å². The first-order valence-corrected chi connectivity index (χ1v) is 5.95. The van der Waals surface area contributed by atoms with E-state index in [4.69, 9.17) is 0 Å². The number of carbonyl (C=O) groups excluding carboxylic acids is 1. The summed E-state index contributed by atoms with van der Waals surface area (Å²) in [6, 6.07) is 16.7. The third-order valence-corrected chi connectivity index (χ3v) is 2.46. The number of hydrogen-bond acceptors (Lipinski definition) is 2. The van der Waals surface area contributed by atoms with Crippen molar-refractivity contribution in [2.75, 3.05) is 0 Å². The molecule has 0 spiro atoms. The Labute approximate surface area is 112 Å². The SMILES string of the molecule is O=C(c1ccccc1)c1cc[nH]c1.c1ccncc1.